The molecule has 1 amide bonds. The molecule has 20 heavy (non-hydrogen) atoms. The standard InChI is InChI=1S/C16H16ClNOS/c1-11-9-15(20-10-11)14-3-2-4-16(19)18(14)13-7-5-12(17)6-8-13/h5-10,14H,2-4H2,1H3. The van der Waals surface area contributed by atoms with Crippen molar-refractivity contribution in [2.24, 2.45) is 0 Å². The second-order valence-electron chi connectivity index (χ2n) is 5.17. The van der Waals surface area contributed by atoms with Gasteiger partial charge in [-0.05, 0) is 61.0 Å². The number of thiophene rings is 1. The van der Waals surface area contributed by atoms with Crippen molar-refractivity contribution in [1.82, 2.24) is 0 Å². The maximum absolute atomic E-state index is 12.4. The van der Waals surface area contributed by atoms with E-state index in [0.717, 1.165) is 18.5 Å². The van der Waals surface area contributed by atoms with Crippen LogP contribution >= 0.6 is 22.9 Å². The van der Waals surface area contributed by atoms with Crippen LogP contribution in [-0.4, -0.2) is 5.91 Å². The molecule has 1 saturated heterocycles. The number of hydrogen-bond donors (Lipinski definition) is 0. The lowest BCUT2D eigenvalue weighted by molar-refractivity contribution is -0.120. The molecule has 1 fully saturated rings. The van der Waals surface area contributed by atoms with Gasteiger partial charge in [-0.1, -0.05) is 11.6 Å². The van der Waals surface area contributed by atoms with E-state index in [-0.39, 0.29) is 11.9 Å². The summed E-state index contributed by atoms with van der Waals surface area (Å²) >= 11 is 7.68. The van der Waals surface area contributed by atoms with Crippen LogP contribution in [0.15, 0.2) is 35.7 Å². The van der Waals surface area contributed by atoms with Crippen molar-refractivity contribution in [3.63, 3.8) is 0 Å². The maximum atomic E-state index is 12.4. The third-order valence-electron chi connectivity index (χ3n) is 3.63. The fourth-order valence-corrected chi connectivity index (χ4v) is 3.84. The number of piperidine rings is 1. The summed E-state index contributed by atoms with van der Waals surface area (Å²) in [7, 11) is 0. The van der Waals surface area contributed by atoms with Crippen molar-refractivity contribution in [2.45, 2.75) is 32.2 Å². The van der Waals surface area contributed by atoms with E-state index in [1.54, 1.807) is 11.3 Å². The molecule has 1 aliphatic rings. The first-order valence-electron chi connectivity index (χ1n) is 6.78. The zero-order chi connectivity index (χ0) is 14.1. The molecule has 1 aromatic carbocycles. The van der Waals surface area contributed by atoms with Crippen LogP contribution in [0.3, 0.4) is 0 Å². The molecule has 2 aromatic rings. The summed E-state index contributed by atoms with van der Waals surface area (Å²) in [5, 5.41) is 2.84. The minimum Gasteiger partial charge on any atom is -0.304 e. The molecule has 0 N–H and O–H groups in total. The number of anilines is 1. The van der Waals surface area contributed by atoms with E-state index >= 15 is 0 Å². The van der Waals surface area contributed by atoms with E-state index in [1.807, 2.05) is 29.2 Å². The number of hydrogen-bond acceptors (Lipinski definition) is 2. The zero-order valence-electron chi connectivity index (χ0n) is 11.3. The first kappa shape index (κ1) is 13.7. The van der Waals surface area contributed by atoms with Crippen LogP contribution in [0.1, 0.15) is 35.7 Å². The predicted octanol–water partition coefficient (Wildman–Crippen LogP) is 4.97. The van der Waals surface area contributed by atoms with Crippen molar-refractivity contribution < 1.29 is 4.79 Å². The Morgan fingerprint density at radius 1 is 1.30 bits per heavy atom. The highest BCUT2D eigenvalue weighted by molar-refractivity contribution is 7.10. The van der Waals surface area contributed by atoms with E-state index in [9.17, 15) is 4.79 Å². The maximum Gasteiger partial charge on any atom is 0.227 e. The molecule has 0 aliphatic carbocycles. The average molecular weight is 306 g/mol. The molecule has 4 heteroatoms. The van der Waals surface area contributed by atoms with Gasteiger partial charge in [0.05, 0.1) is 6.04 Å². The molecule has 2 nitrogen and oxygen atoms in total. The van der Waals surface area contributed by atoms with E-state index in [2.05, 4.69) is 18.4 Å². The van der Waals surface area contributed by atoms with Gasteiger partial charge in [0.2, 0.25) is 5.91 Å². The summed E-state index contributed by atoms with van der Waals surface area (Å²) in [5.41, 5.74) is 2.20. The Kier molecular flexibility index (Phi) is 3.81. The second-order valence-corrected chi connectivity index (χ2v) is 6.55. The van der Waals surface area contributed by atoms with Gasteiger partial charge in [-0.25, -0.2) is 0 Å². The number of rotatable bonds is 2. The third-order valence-corrected chi connectivity index (χ3v) is 5.04. The first-order chi connectivity index (χ1) is 9.65. The Morgan fingerprint density at radius 2 is 2.05 bits per heavy atom. The van der Waals surface area contributed by atoms with Gasteiger partial charge in [-0.2, -0.15) is 0 Å². The van der Waals surface area contributed by atoms with Gasteiger partial charge >= 0.3 is 0 Å². The number of amides is 1. The van der Waals surface area contributed by atoms with Crippen molar-refractivity contribution >= 4 is 34.5 Å². The number of halogens is 1. The topological polar surface area (TPSA) is 20.3 Å². The molecule has 0 bridgehead atoms. The molecule has 1 atom stereocenters. The van der Waals surface area contributed by atoms with Crippen LogP contribution in [0.2, 0.25) is 5.02 Å². The van der Waals surface area contributed by atoms with Crippen molar-refractivity contribution in [3.05, 3.63) is 51.2 Å². The Bertz CT molecular complexity index is 620. The third kappa shape index (κ3) is 2.60. The fourth-order valence-electron chi connectivity index (χ4n) is 2.69. The number of nitrogens with zero attached hydrogens (tertiary/aromatic N) is 1. The highest BCUT2D eigenvalue weighted by atomic mass is 35.5. The van der Waals surface area contributed by atoms with Crippen molar-refractivity contribution in [2.75, 3.05) is 4.90 Å². The van der Waals surface area contributed by atoms with E-state index in [0.29, 0.717) is 11.4 Å². The summed E-state index contributed by atoms with van der Waals surface area (Å²) in [6, 6.07) is 9.90. The number of carbonyl (C=O) groups excluding carboxylic acids is 1. The van der Waals surface area contributed by atoms with E-state index in [1.165, 1.54) is 10.4 Å². The van der Waals surface area contributed by atoms with Crippen LogP contribution in [0, 0.1) is 6.92 Å². The summed E-state index contributed by atoms with van der Waals surface area (Å²) in [6.07, 6.45) is 2.61. The lowest BCUT2D eigenvalue weighted by atomic mass is 9.99. The molecule has 2 heterocycles. The largest absolute Gasteiger partial charge is 0.304 e. The van der Waals surface area contributed by atoms with Crippen molar-refractivity contribution in [1.29, 1.82) is 0 Å². The van der Waals surface area contributed by atoms with E-state index < -0.39 is 0 Å². The quantitative estimate of drug-likeness (QED) is 0.767. The molecule has 3 rings (SSSR count). The molecule has 0 spiro atoms. The molecular weight excluding hydrogens is 290 g/mol. The Hall–Kier alpha value is -1.32. The summed E-state index contributed by atoms with van der Waals surface area (Å²) in [4.78, 5) is 15.6. The van der Waals surface area contributed by atoms with Gasteiger partial charge in [0.1, 0.15) is 0 Å². The molecule has 0 radical (unpaired) electrons. The summed E-state index contributed by atoms with van der Waals surface area (Å²) in [6.45, 7) is 2.09. The molecule has 104 valence electrons. The summed E-state index contributed by atoms with van der Waals surface area (Å²) in [5.74, 6) is 0.203. The van der Waals surface area contributed by atoms with Gasteiger partial charge < -0.3 is 4.90 Å². The molecule has 0 saturated carbocycles. The van der Waals surface area contributed by atoms with Crippen LogP contribution in [-0.2, 0) is 4.79 Å². The van der Waals surface area contributed by atoms with Gasteiger partial charge in [0, 0.05) is 22.0 Å². The lowest BCUT2D eigenvalue weighted by Gasteiger charge is -2.35. The monoisotopic (exact) mass is 305 g/mol. The lowest BCUT2D eigenvalue weighted by Crippen LogP contribution is -2.37. The average Bonchev–Trinajstić information content (AvgIpc) is 2.86. The second kappa shape index (κ2) is 5.58. The Balaban J connectivity index is 1.98. The number of carbonyl (C=O) groups is 1. The number of benzene rings is 1. The van der Waals surface area contributed by atoms with Gasteiger partial charge in [-0.3, -0.25) is 4.79 Å². The minimum absolute atomic E-state index is 0.163. The summed E-state index contributed by atoms with van der Waals surface area (Å²) < 4.78 is 0. The van der Waals surface area contributed by atoms with Crippen LogP contribution in [0.25, 0.3) is 0 Å². The zero-order valence-corrected chi connectivity index (χ0v) is 12.9. The highest BCUT2D eigenvalue weighted by Gasteiger charge is 2.31. The van der Waals surface area contributed by atoms with Crippen LogP contribution < -0.4 is 4.90 Å². The van der Waals surface area contributed by atoms with Crippen molar-refractivity contribution in [3.8, 4) is 0 Å². The minimum atomic E-state index is 0.163. The first-order valence-corrected chi connectivity index (χ1v) is 8.03. The van der Waals surface area contributed by atoms with Crippen LogP contribution in [0.4, 0.5) is 5.69 Å². The van der Waals surface area contributed by atoms with Gasteiger partial charge in [0.25, 0.3) is 0 Å². The van der Waals surface area contributed by atoms with E-state index in [4.69, 9.17) is 11.6 Å². The highest BCUT2D eigenvalue weighted by Crippen LogP contribution is 2.38. The van der Waals surface area contributed by atoms with Gasteiger partial charge in [0.15, 0.2) is 0 Å². The number of aryl methyl sites for hydroxylation is 1. The Labute approximate surface area is 128 Å². The molecule has 1 unspecified atom stereocenters. The predicted molar refractivity (Wildman–Crippen MR) is 84.6 cm³/mol. The molecule has 1 aromatic heterocycles. The smallest absolute Gasteiger partial charge is 0.227 e. The SMILES string of the molecule is Cc1csc(C2CCCC(=O)N2c2ccc(Cl)cc2)c1. The fraction of sp³-hybridized carbons (Fsp3) is 0.312. The van der Waals surface area contributed by atoms with Crippen LogP contribution in [0.5, 0.6) is 0 Å². The van der Waals surface area contributed by atoms with Gasteiger partial charge in [-0.15, -0.1) is 11.3 Å². The molecular formula is C16H16ClNOS. The normalized spacial score (nSPS) is 19.4. The molecule has 1 aliphatic heterocycles. The Morgan fingerprint density at radius 3 is 2.70 bits per heavy atom.